The lowest BCUT2D eigenvalue weighted by Gasteiger charge is -2.03. The topological polar surface area (TPSA) is 54.9 Å². The zero-order valence-corrected chi connectivity index (χ0v) is 9.99. The van der Waals surface area contributed by atoms with E-state index in [-0.39, 0.29) is 5.91 Å². The van der Waals surface area contributed by atoms with Gasteiger partial charge in [0.25, 0.3) is 0 Å². The molecule has 0 aliphatic rings. The van der Waals surface area contributed by atoms with E-state index < -0.39 is 0 Å². The molecule has 1 N–H and O–H groups in total. The van der Waals surface area contributed by atoms with Crippen LogP contribution >= 0.6 is 0 Å². The van der Waals surface area contributed by atoms with Crippen molar-refractivity contribution in [1.29, 1.82) is 0 Å². The Kier molecular flexibility index (Phi) is 5.46. The number of amides is 1. The molecule has 1 amide bonds. The summed E-state index contributed by atoms with van der Waals surface area (Å²) in [5.41, 5.74) is 1.06. The average molecular weight is 221 g/mol. The molecule has 0 unspecified atom stereocenters. The zero-order valence-electron chi connectivity index (χ0n) is 9.99. The monoisotopic (exact) mass is 221 g/mol. The summed E-state index contributed by atoms with van der Waals surface area (Å²) >= 11 is 0. The van der Waals surface area contributed by atoms with Crippen LogP contribution in [0.15, 0.2) is 12.3 Å². The molecule has 1 aromatic rings. The van der Waals surface area contributed by atoms with E-state index in [0.717, 1.165) is 24.4 Å². The standard InChI is InChI=1S/C12H19N3O/c1-3-5-10-8-9-14-11(15-10)6-7-12(16)13-4-2/h8-9H,3-7H2,1-2H3,(H,13,16). The molecule has 0 aromatic carbocycles. The first-order valence-electron chi connectivity index (χ1n) is 5.83. The highest BCUT2D eigenvalue weighted by Gasteiger charge is 2.03. The number of aryl methyl sites for hydroxylation is 2. The Balaban J connectivity index is 2.47. The van der Waals surface area contributed by atoms with E-state index in [9.17, 15) is 4.79 Å². The molecule has 0 atom stereocenters. The van der Waals surface area contributed by atoms with Crippen molar-refractivity contribution in [3.8, 4) is 0 Å². The van der Waals surface area contributed by atoms with Crippen molar-refractivity contribution < 1.29 is 4.79 Å². The van der Waals surface area contributed by atoms with Gasteiger partial charge in [-0.3, -0.25) is 4.79 Å². The predicted octanol–water partition coefficient (Wildman–Crippen LogP) is 1.50. The highest BCUT2D eigenvalue weighted by Crippen LogP contribution is 2.01. The van der Waals surface area contributed by atoms with Gasteiger partial charge in [0.1, 0.15) is 5.82 Å². The number of nitrogens with one attached hydrogen (secondary N) is 1. The minimum Gasteiger partial charge on any atom is -0.356 e. The van der Waals surface area contributed by atoms with Crippen LogP contribution < -0.4 is 5.32 Å². The van der Waals surface area contributed by atoms with Gasteiger partial charge in [-0.15, -0.1) is 0 Å². The summed E-state index contributed by atoms with van der Waals surface area (Å²) < 4.78 is 0. The summed E-state index contributed by atoms with van der Waals surface area (Å²) in [6, 6.07) is 1.93. The van der Waals surface area contributed by atoms with Crippen LogP contribution in [0.2, 0.25) is 0 Å². The molecule has 0 radical (unpaired) electrons. The van der Waals surface area contributed by atoms with E-state index in [1.807, 2.05) is 13.0 Å². The van der Waals surface area contributed by atoms with Crippen molar-refractivity contribution in [2.24, 2.45) is 0 Å². The Morgan fingerprint density at radius 3 is 2.88 bits per heavy atom. The zero-order chi connectivity index (χ0) is 11.8. The van der Waals surface area contributed by atoms with Crippen LogP contribution in [0.3, 0.4) is 0 Å². The van der Waals surface area contributed by atoms with Gasteiger partial charge in [0.05, 0.1) is 0 Å². The van der Waals surface area contributed by atoms with E-state index in [1.165, 1.54) is 0 Å². The number of nitrogens with zero attached hydrogens (tertiary/aromatic N) is 2. The van der Waals surface area contributed by atoms with Crippen LogP contribution in [0.25, 0.3) is 0 Å². The summed E-state index contributed by atoms with van der Waals surface area (Å²) in [4.78, 5) is 19.8. The molecule has 0 saturated heterocycles. The number of hydrogen-bond acceptors (Lipinski definition) is 3. The van der Waals surface area contributed by atoms with Gasteiger partial charge in [-0.25, -0.2) is 9.97 Å². The van der Waals surface area contributed by atoms with Gasteiger partial charge >= 0.3 is 0 Å². The first-order valence-corrected chi connectivity index (χ1v) is 5.83. The predicted molar refractivity (Wildman–Crippen MR) is 63.0 cm³/mol. The summed E-state index contributed by atoms with van der Waals surface area (Å²) in [6.45, 7) is 4.71. The molecule has 0 spiro atoms. The number of hydrogen-bond donors (Lipinski definition) is 1. The second-order valence-electron chi connectivity index (χ2n) is 3.67. The van der Waals surface area contributed by atoms with Gasteiger partial charge in [0, 0.05) is 31.3 Å². The lowest BCUT2D eigenvalue weighted by atomic mass is 10.2. The molecule has 1 aromatic heterocycles. The van der Waals surface area contributed by atoms with Gasteiger partial charge in [0.15, 0.2) is 0 Å². The Morgan fingerprint density at radius 2 is 2.19 bits per heavy atom. The third kappa shape index (κ3) is 4.38. The van der Waals surface area contributed by atoms with Crippen LogP contribution in [0, 0.1) is 0 Å². The fourth-order valence-corrected chi connectivity index (χ4v) is 1.47. The van der Waals surface area contributed by atoms with Crippen LogP contribution in [0.4, 0.5) is 0 Å². The smallest absolute Gasteiger partial charge is 0.220 e. The summed E-state index contributed by atoms with van der Waals surface area (Å²) in [5.74, 6) is 0.823. The highest BCUT2D eigenvalue weighted by molar-refractivity contribution is 5.75. The summed E-state index contributed by atoms with van der Waals surface area (Å²) in [5, 5.41) is 2.76. The number of carbonyl (C=O) groups is 1. The molecule has 0 aliphatic heterocycles. The Hall–Kier alpha value is -1.45. The molecule has 0 saturated carbocycles. The normalized spacial score (nSPS) is 10.1. The van der Waals surface area contributed by atoms with Gasteiger partial charge in [-0.2, -0.15) is 0 Å². The van der Waals surface area contributed by atoms with Crippen molar-refractivity contribution in [2.75, 3.05) is 6.54 Å². The summed E-state index contributed by atoms with van der Waals surface area (Å²) in [6.07, 6.45) is 4.89. The van der Waals surface area contributed by atoms with E-state index >= 15 is 0 Å². The molecular formula is C12H19N3O. The molecule has 1 rings (SSSR count). The van der Waals surface area contributed by atoms with Crippen LogP contribution in [0.5, 0.6) is 0 Å². The molecule has 0 fully saturated rings. The second-order valence-corrected chi connectivity index (χ2v) is 3.67. The van der Waals surface area contributed by atoms with E-state index in [2.05, 4.69) is 22.2 Å². The van der Waals surface area contributed by atoms with Crippen molar-refractivity contribution in [2.45, 2.75) is 39.5 Å². The Bertz CT molecular complexity index is 339. The maximum Gasteiger partial charge on any atom is 0.220 e. The molecule has 0 bridgehead atoms. The lowest BCUT2D eigenvalue weighted by molar-refractivity contribution is -0.120. The van der Waals surface area contributed by atoms with Gasteiger partial charge in [-0.1, -0.05) is 13.3 Å². The van der Waals surface area contributed by atoms with Crippen LogP contribution in [-0.2, 0) is 17.6 Å². The maximum atomic E-state index is 11.3. The number of carbonyl (C=O) groups excluding carboxylic acids is 1. The third-order valence-electron chi connectivity index (χ3n) is 2.22. The van der Waals surface area contributed by atoms with E-state index in [4.69, 9.17) is 0 Å². The molecule has 4 heteroatoms. The second kappa shape index (κ2) is 6.93. The molecular weight excluding hydrogens is 202 g/mol. The van der Waals surface area contributed by atoms with E-state index in [1.54, 1.807) is 6.20 Å². The van der Waals surface area contributed by atoms with Crippen LogP contribution in [0.1, 0.15) is 38.2 Å². The fraction of sp³-hybridized carbons (Fsp3) is 0.583. The van der Waals surface area contributed by atoms with Crippen molar-refractivity contribution in [3.63, 3.8) is 0 Å². The van der Waals surface area contributed by atoms with Gasteiger partial charge in [-0.05, 0) is 19.4 Å². The number of aromatic nitrogens is 2. The van der Waals surface area contributed by atoms with Crippen molar-refractivity contribution in [3.05, 3.63) is 23.8 Å². The largest absolute Gasteiger partial charge is 0.356 e. The van der Waals surface area contributed by atoms with Gasteiger partial charge < -0.3 is 5.32 Å². The molecule has 4 nitrogen and oxygen atoms in total. The SMILES string of the molecule is CCCc1ccnc(CCC(=O)NCC)n1. The maximum absolute atomic E-state index is 11.3. The Labute approximate surface area is 96.5 Å². The molecule has 1 heterocycles. The van der Waals surface area contributed by atoms with Crippen molar-refractivity contribution >= 4 is 5.91 Å². The molecule has 88 valence electrons. The van der Waals surface area contributed by atoms with Crippen LogP contribution in [-0.4, -0.2) is 22.4 Å². The molecule has 16 heavy (non-hydrogen) atoms. The van der Waals surface area contributed by atoms with E-state index in [0.29, 0.717) is 19.4 Å². The first-order chi connectivity index (χ1) is 7.76. The third-order valence-corrected chi connectivity index (χ3v) is 2.22. The average Bonchev–Trinajstić information content (AvgIpc) is 2.28. The highest BCUT2D eigenvalue weighted by atomic mass is 16.1. The first kappa shape index (κ1) is 12.6. The fourth-order valence-electron chi connectivity index (χ4n) is 1.47. The minimum absolute atomic E-state index is 0.0620. The number of rotatable bonds is 6. The quantitative estimate of drug-likeness (QED) is 0.792. The minimum atomic E-state index is 0.0620. The molecule has 0 aliphatic carbocycles. The Morgan fingerprint density at radius 1 is 1.38 bits per heavy atom. The summed E-state index contributed by atoms with van der Waals surface area (Å²) in [7, 11) is 0. The van der Waals surface area contributed by atoms with Gasteiger partial charge in [0.2, 0.25) is 5.91 Å². The lowest BCUT2D eigenvalue weighted by Crippen LogP contribution is -2.23. The van der Waals surface area contributed by atoms with Crippen molar-refractivity contribution in [1.82, 2.24) is 15.3 Å².